The highest BCUT2D eigenvalue weighted by Crippen LogP contribution is 2.27. The molecule has 8 nitrogen and oxygen atoms in total. The number of hydrogen-bond acceptors (Lipinski definition) is 6. The van der Waals surface area contributed by atoms with Crippen LogP contribution in [0, 0.1) is 0 Å². The van der Waals surface area contributed by atoms with Crippen LogP contribution in [0.1, 0.15) is 53.4 Å². The summed E-state index contributed by atoms with van der Waals surface area (Å²) < 4.78 is 13.7. The fourth-order valence-electron chi connectivity index (χ4n) is 4.16. The molecule has 0 radical (unpaired) electrons. The number of nitrogens with zero attached hydrogens (tertiary/aromatic N) is 4. The van der Waals surface area contributed by atoms with Crippen LogP contribution in [0.25, 0.3) is 0 Å². The summed E-state index contributed by atoms with van der Waals surface area (Å²) in [6.45, 7) is 5.49. The molecule has 0 unspecified atom stereocenters. The highest BCUT2D eigenvalue weighted by molar-refractivity contribution is 5.86. The van der Waals surface area contributed by atoms with Crippen LogP contribution in [0.2, 0.25) is 0 Å². The van der Waals surface area contributed by atoms with Crippen LogP contribution < -0.4 is 5.69 Å². The maximum atomic E-state index is 12.9. The van der Waals surface area contributed by atoms with Crippen LogP contribution in [-0.4, -0.2) is 45.4 Å². The molecular weight excluding hydrogens is 396 g/mol. The Kier molecular flexibility index (Phi) is 6.36. The zero-order valence-electron chi connectivity index (χ0n) is 18.0. The minimum atomic E-state index is -0.464. The smallest absolute Gasteiger partial charge is 0.373 e. The molecule has 8 heteroatoms. The van der Waals surface area contributed by atoms with Crippen molar-refractivity contribution in [3.63, 3.8) is 0 Å². The van der Waals surface area contributed by atoms with E-state index in [2.05, 4.69) is 4.90 Å². The van der Waals surface area contributed by atoms with E-state index >= 15 is 0 Å². The number of piperidine rings is 1. The Labute approximate surface area is 181 Å². The number of ether oxygens (including phenoxy) is 1. The third-order valence-corrected chi connectivity index (χ3v) is 5.82. The van der Waals surface area contributed by atoms with Crippen LogP contribution in [0.15, 0.2) is 51.7 Å². The molecule has 0 atom stereocenters. The van der Waals surface area contributed by atoms with Gasteiger partial charge in [-0.05, 0) is 50.6 Å². The minimum absolute atomic E-state index is 0.0466. The van der Waals surface area contributed by atoms with Gasteiger partial charge in [0.05, 0.1) is 20.2 Å². The Balaban J connectivity index is 1.41. The molecule has 164 valence electrons. The Bertz CT molecular complexity index is 1070. The van der Waals surface area contributed by atoms with Gasteiger partial charge in [0.25, 0.3) is 0 Å². The monoisotopic (exact) mass is 424 g/mol. The average Bonchev–Trinajstić information content (AvgIpc) is 3.39. The molecule has 1 fully saturated rings. The number of esters is 1. The van der Waals surface area contributed by atoms with Crippen LogP contribution in [0.4, 0.5) is 0 Å². The third kappa shape index (κ3) is 4.64. The molecule has 4 rings (SSSR count). The Morgan fingerprint density at radius 3 is 2.55 bits per heavy atom. The van der Waals surface area contributed by atoms with E-state index in [0.29, 0.717) is 19.6 Å². The first-order chi connectivity index (χ1) is 15.1. The summed E-state index contributed by atoms with van der Waals surface area (Å²) in [5.74, 6) is 1.64. The van der Waals surface area contributed by atoms with E-state index in [1.165, 1.54) is 7.11 Å². The van der Waals surface area contributed by atoms with E-state index in [1.54, 1.807) is 15.3 Å². The molecule has 0 aliphatic carbocycles. The van der Waals surface area contributed by atoms with E-state index in [4.69, 9.17) is 14.3 Å². The van der Waals surface area contributed by atoms with E-state index < -0.39 is 5.97 Å². The number of furan rings is 1. The number of rotatable bonds is 7. The van der Waals surface area contributed by atoms with Gasteiger partial charge in [0.15, 0.2) is 0 Å². The molecule has 1 aromatic carbocycles. The maximum absolute atomic E-state index is 12.9. The summed E-state index contributed by atoms with van der Waals surface area (Å²) in [6.07, 6.45) is 1.85. The first-order valence-corrected chi connectivity index (χ1v) is 10.7. The lowest BCUT2D eigenvalue weighted by Crippen LogP contribution is -2.33. The number of benzene rings is 1. The van der Waals surface area contributed by atoms with Gasteiger partial charge in [-0.3, -0.25) is 9.47 Å². The number of aromatic nitrogens is 3. The predicted octanol–water partition coefficient (Wildman–Crippen LogP) is 2.87. The molecule has 0 N–H and O–H groups in total. The number of methoxy groups -OCH3 is 1. The number of carbonyl (C=O) groups excluding carboxylic acids is 1. The molecule has 0 amide bonds. The normalized spacial score (nSPS) is 15.3. The summed E-state index contributed by atoms with van der Waals surface area (Å²) in [4.78, 5) is 26.7. The standard InChI is InChI=1S/C23H28N4O4/c1-3-26-21(24-27(23(26)29)15-17-7-5-4-6-8-17)18-11-13-25(14-12-18)16-19-9-10-20(31-19)22(28)30-2/h4-10,18H,3,11-16H2,1-2H3. The molecule has 0 bridgehead atoms. The molecule has 0 saturated carbocycles. The highest BCUT2D eigenvalue weighted by atomic mass is 16.5. The molecule has 1 saturated heterocycles. The predicted molar refractivity (Wildman–Crippen MR) is 115 cm³/mol. The van der Waals surface area contributed by atoms with Gasteiger partial charge in [0, 0.05) is 12.5 Å². The van der Waals surface area contributed by atoms with Gasteiger partial charge >= 0.3 is 11.7 Å². The van der Waals surface area contributed by atoms with Crippen molar-refractivity contribution in [2.75, 3.05) is 20.2 Å². The molecule has 31 heavy (non-hydrogen) atoms. The maximum Gasteiger partial charge on any atom is 0.373 e. The van der Waals surface area contributed by atoms with E-state index in [0.717, 1.165) is 43.1 Å². The van der Waals surface area contributed by atoms with Crippen molar-refractivity contribution >= 4 is 5.97 Å². The quantitative estimate of drug-likeness (QED) is 0.543. The van der Waals surface area contributed by atoms with Gasteiger partial charge in [-0.2, -0.15) is 5.10 Å². The molecule has 0 spiro atoms. The summed E-state index contributed by atoms with van der Waals surface area (Å²) in [6, 6.07) is 13.4. The number of hydrogen-bond donors (Lipinski definition) is 0. The molecule has 3 heterocycles. The van der Waals surface area contributed by atoms with Gasteiger partial charge in [-0.1, -0.05) is 30.3 Å². The van der Waals surface area contributed by atoms with Crippen molar-refractivity contribution in [2.24, 2.45) is 0 Å². The molecule has 1 aliphatic heterocycles. The largest absolute Gasteiger partial charge is 0.463 e. The minimum Gasteiger partial charge on any atom is -0.463 e. The lowest BCUT2D eigenvalue weighted by Gasteiger charge is -2.30. The van der Waals surface area contributed by atoms with Crippen molar-refractivity contribution in [3.8, 4) is 0 Å². The Hall–Kier alpha value is -3.13. The second-order valence-electron chi connectivity index (χ2n) is 7.84. The van der Waals surface area contributed by atoms with Gasteiger partial charge in [0.1, 0.15) is 11.6 Å². The lowest BCUT2D eigenvalue weighted by molar-refractivity contribution is 0.0560. The van der Waals surface area contributed by atoms with Crippen LogP contribution >= 0.6 is 0 Å². The molecule has 2 aromatic heterocycles. The van der Waals surface area contributed by atoms with Crippen LogP contribution in [-0.2, 0) is 24.4 Å². The second-order valence-corrected chi connectivity index (χ2v) is 7.84. The van der Waals surface area contributed by atoms with Crippen molar-refractivity contribution in [2.45, 2.75) is 45.3 Å². The Morgan fingerprint density at radius 2 is 1.87 bits per heavy atom. The van der Waals surface area contributed by atoms with Crippen molar-refractivity contribution < 1.29 is 13.9 Å². The SMILES string of the molecule is CCn1c(C2CCN(Cc3ccc(C(=O)OC)o3)CC2)nn(Cc2ccccc2)c1=O. The second kappa shape index (κ2) is 9.34. The summed E-state index contributed by atoms with van der Waals surface area (Å²) in [7, 11) is 1.34. The van der Waals surface area contributed by atoms with E-state index in [1.807, 2.05) is 43.3 Å². The number of likely N-dealkylation sites (tertiary alicyclic amines) is 1. The van der Waals surface area contributed by atoms with Crippen LogP contribution in [0.5, 0.6) is 0 Å². The average molecular weight is 425 g/mol. The van der Waals surface area contributed by atoms with E-state index in [9.17, 15) is 9.59 Å². The van der Waals surface area contributed by atoms with Crippen molar-refractivity contribution in [3.05, 3.63) is 75.9 Å². The fraction of sp³-hybridized carbons (Fsp3) is 0.435. The fourth-order valence-corrected chi connectivity index (χ4v) is 4.16. The first kappa shape index (κ1) is 21.1. The zero-order chi connectivity index (χ0) is 21.8. The lowest BCUT2D eigenvalue weighted by atomic mass is 9.96. The molecule has 3 aromatic rings. The Morgan fingerprint density at radius 1 is 1.13 bits per heavy atom. The van der Waals surface area contributed by atoms with Crippen molar-refractivity contribution in [1.29, 1.82) is 0 Å². The van der Waals surface area contributed by atoms with Gasteiger partial charge in [-0.25, -0.2) is 14.3 Å². The zero-order valence-corrected chi connectivity index (χ0v) is 18.0. The topological polar surface area (TPSA) is 82.5 Å². The summed E-state index contributed by atoms with van der Waals surface area (Å²) in [5.41, 5.74) is 1.02. The summed E-state index contributed by atoms with van der Waals surface area (Å²) >= 11 is 0. The van der Waals surface area contributed by atoms with Crippen molar-refractivity contribution in [1.82, 2.24) is 19.2 Å². The number of carbonyl (C=O) groups is 1. The third-order valence-electron chi connectivity index (χ3n) is 5.82. The van der Waals surface area contributed by atoms with Gasteiger partial charge in [0.2, 0.25) is 5.76 Å². The molecule has 1 aliphatic rings. The van der Waals surface area contributed by atoms with Crippen LogP contribution in [0.3, 0.4) is 0 Å². The van der Waals surface area contributed by atoms with E-state index in [-0.39, 0.29) is 17.4 Å². The van der Waals surface area contributed by atoms with Gasteiger partial charge < -0.3 is 9.15 Å². The summed E-state index contributed by atoms with van der Waals surface area (Å²) in [5, 5.41) is 4.72. The van der Waals surface area contributed by atoms with Gasteiger partial charge in [-0.15, -0.1) is 0 Å². The highest BCUT2D eigenvalue weighted by Gasteiger charge is 2.27. The molecular formula is C23H28N4O4. The first-order valence-electron chi connectivity index (χ1n) is 10.7.